The van der Waals surface area contributed by atoms with Gasteiger partial charge in [0.2, 0.25) is 0 Å². The summed E-state index contributed by atoms with van der Waals surface area (Å²) in [5.41, 5.74) is -0.486. The van der Waals surface area contributed by atoms with Gasteiger partial charge >= 0.3 is 0 Å². The first kappa shape index (κ1) is 30.2. The lowest BCUT2D eigenvalue weighted by molar-refractivity contribution is -0.219. The highest BCUT2D eigenvalue weighted by molar-refractivity contribution is 14.1. The number of hydrogen-bond acceptors (Lipinski definition) is 4. The van der Waals surface area contributed by atoms with E-state index < -0.39 is 11.5 Å². The van der Waals surface area contributed by atoms with Crippen molar-refractivity contribution >= 4 is 45.2 Å². The molecule has 5 aliphatic rings. The Morgan fingerprint density at radius 3 is 2.03 bits per heavy atom. The smallest absolute Gasteiger partial charge is 0.135 e. The van der Waals surface area contributed by atoms with Crippen LogP contribution in [-0.4, -0.2) is 40.0 Å². The molecule has 38 heavy (non-hydrogen) atoms. The van der Waals surface area contributed by atoms with Crippen LogP contribution in [0.3, 0.4) is 0 Å². The minimum absolute atomic E-state index is 0.00821. The van der Waals surface area contributed by atoms with Gasteiger partial charge in [-0.3, -0.25) is 0 Å². The van der Waals surface area contributed by atoms with Crippen molar-refractivity contribution in [2.24, 2.45) is 50.2 Å². The second-order valence-corrected chi connectivity index (χ2v) is 20.3. The standard InChI is InChI=1S/C32H52I2O4/c1-25(2)13-14-30(23(37)17-35)12-10-21-28(7)11-9-20-27(5,6)24(38)19(36)15-29(20,8)22(28)16-26(3,4)32(21,34)31(30,33)18-25/h20-23,35-38H,9-18H2,1-8H3. The molecule has 0 aromatic carbocycles. The van der Waals surface area contributed by atoms with Gasteiger partial charge in [0, 0.05) is 24.1 Å². The van der Waals surface area contributed by atoms with E-state index in [0.29, 0.717) is 24.2 Å². The molecule has 0 radical (unpaired) electrons. The van der Waals surface area contributed by atoms with Crippen molar-refractivity contribution in [2.45, 2.75) is 126 Å². The summed E-state index contributed by atoms with van der Waals surface area (Å²) in [6, 6.07) is 0. The molecule has 5 rings (SSSR count). The Morgan fingerprint density at radius 2 is 1.42 bits per heavy atom. The Balaban J connectivity index is 1.69. The van der Waals surface area contributed by atoms with Crippen LogP contribution in [0.2, 0.25) is 0 Å². The lowest BCUT2D eigenvalue weighted by Crippen LogP contribution is -2.78. The number of rotatable bonds is 2. The van der Waals surface area contributed by atoms with Gasteiger partial charge in [0.15, 0.2) is 0 Å². The molecule has 0 amide bonds. The van der Waals surface area contributed by atoms with E-state index in [2.05, 4.69) is 101 Å². The zero-order valence-corrected chi connectivity index (χ0v) is 29.2. The van der Waals surface area contributed by atoms with Crippen LogP contribution in [0.15, 0.2) is 11.5 Å². The van der Waals surface area contributed by atoms with E-state index in [1.807, 2.05) is 0 Å². The van der Waals surface area contributed by atoms with Crippen molar-refractivity contribution in [2.75, 3.05) is 6.61 Å². The Bertz CT molecular complexity index is 1040. The van der Waals surface area contributed by atoms with E-state index in [0.717, 1.165) is 51.4 Å². The first-order valence-electron chi connectivity index (χ1n) is 15.0. The minimum Gasteiger partial charge on any atom is -0.509 e. The van der Waals surface area contributed by atoms with Crippen LogP contribution >= 0.6 is 45.2 Å². The van der Waals surface area contributed by atoms with Gasteiger partial charge in [-0.15, -0.1) is 0 Å². The van der Waals surface area contributed by atoms with Crippen molar-refractivity contribution in [1.29, 1.82) is 0 Å². The fourth-order valence-electron chi connectivity index (χ4n) is 11.8. The van der Waals surface area contributed by atoms with E-state index in [9.17, 15) is 20.4 Å². The second-order valence-electron chi connectivity index (χ2n) is 16.7. The molecule has 9 atom stereocenters. The molecule has 0 spiro atoms. The van der Waals surface area contributed by atoms with Crippen molar-refractivity contribution in [3.63, 3.8) is 0 Å². The van der Waals surface area contributed by atoms with Crippen LogP contribution < -0.4 is 0 Å². The molecule has 218 valence electrons. The molecule has 0 aromatic heterocycles. The van der Waals surface area contributed by atoms with Crippen molar-refractivity contribution < 1.29 is 20.4 Å². The van der Waals surface area contributed by atoms with Gasteiger partial charge in [0.25, 0.3) is 0 Å². The second kappa shape index (κ2) is 8.64. The Morgan fingerprint density at radius 1 is 0.816 bits per heavy atom. The highest BCUT2D eigenvalue weighted by Crippen LogP contribution is 2.82. The van der Waals surface area contributed by atoms with Gasteiger partial charge in [-0.2, -0.15) is 0 Å². The summed E-state index contributed by atoms with van der Waals surface area (Å²) in [4.78, 5) is 0. The Kier molecular flexibility index (Phi) is 6.86. The fraction of sp³-hybridized carbons (Fsp3) is 0.938. The number of allylic oxidation sites excluding steroid dienone is 2. The zero-order valence-electron chi connectivity index (χ0n) is 24.9. The molecule has 4 saturated carbocycles. The number of aliphatic hydroxyl groups is 4. The third-order valence-electron chi connectivity index (χ3n) is 13.7. The molecule has 5 aliphatic carbocycles. The van der Waals surface area contributed by atoms with Crippen molar-refractivity contribution in [1.82, 2.24) is 0 Å². The summed E-state index contributed by atoms with van der Waals surface area (Å²) in [5, 5.41) is 43.9. The average molecular weight is 755 g/mol. The maximum absolute atomic E-state index is 11.6. The number of aliphatic hydroxyl groups excluding tert-OH is 4. The summed E-state index contributed by atoms with van der Waals surface area (Å²) in [5.74, 6) is 1.67. The van der Waals surface area contributed by atoms with E-state index in [-0.39, 0.29) is 52.0 Å². The van der Waals surface area contributed by atoms with Crippen LogP contribution in [0.4, 0.5) is 0 Å². The third-order valence-corrected chi connectivity index (χ3v) is 20.1. The molecular formula is C32H52I2O4. The van der Waals surface area contributed by atoms with Gasteiger partial charge in [0.05, 0.1) is 12.7 Å². The van der Waals surface area contributed by atoms with Crippen LogP contribution in [0.25, 0.3) is 0 Å². The fourth-order valence-corrected chi connectivity index (χ4v) is 16.9. The topological polar surface area (TPSA) is 80.9 Å². The van der Waals surface area contributed by atoms with Gasteiger partial charge in [-0.1, -0.05) is 101 Å². The molecule has 9 unspecified atom stereocenters. The van der Waals surface area contributed by atoms with Gasteiger partial charge in [-0.05, 0) is 90.8 Å². The Labute approximate surface area is 258 Å². The lowest BCUT2D eigenvalue weighted by Gasteiger charge is -2.78. The monoisotopic (exact) mass is 754 g/mol. The SMILES string of the molecule is CC1(C)CCC2(C(O)CO)CCC3C4(C)CCC5C(C)(C)C(O)=C(O)CC5(C)C4CC(C)(C)C3(I)C2(I)C1. The minimum atomic E-state index is -0.693. The molecule has 0 heterocycles. The molecule has 0 aromatic rings. The Hall–Kier alpha value is 0.720. The zero-order chi connectivity index (χ0) is 28.5. The maximum Gasteiger partial charge on any atom is 0.135 e. The molecule has 6 heteroatoms. The first-order chi connectivity index (χ1) is 17.2. The summed E-state index contributed by atoms with van der Waals surface area (Å²) in [7, 11) is 0. The van der Waals surface area contributed by atoms with Crippen LogP contribution in [-0.2, 0) is 0 Å². The molecular weight excluding hydrogens is 702 g/mol. The summed E-state index contributed by atoms with van der Waals surface area (Å²) < 4.78 is -0.199. The maximum atomic E-state index is 11.6. The predicted molar refractivity (Wildman–Crippen MR) is 171 cm³/mol. The predicted octanol–water partition coefficient (Wildman–Crippen LogP) is 8.52. The van der Waals surface area contributed by atoms with Crippen molar-refractivity contribution in [3.05, 3.63) is 11.5 Å². The molecule has 0 saturated heterocycles. The van der Waals surface area contributed by atoms with Gasteiger partial charge < -0.3 is 20.4 Å². The highest BCUT2D eigenvalue weighted by atomic mass is 127. The molecule has 0 aliphatic heterocycles. The van der Waals surface area contributed by atoms with E-state index in [4.69, 9.17) is 0 Å². The number of halogens is 2. The third kappa shape index (κ3) is 3.44. The number of hydrogen-bond donors (Lipinski definition) is 4. The normalized spacial score (nSPS) is 51.7. The van der Waals surface area contributed by atoms with Gasteiger partial charge in [0.1, 0.15) is 11.5 Å². The number of fused-ring (bicyclic) bond motifs is 7. The highest BCUT2D eigenvalue weighted by Gasteiger charge is 2.79. The van der Waals surface area contributed by atoms with Crippen LogP contribution in [0.5, 0.6) is 0 Å². The summed E-state index contributed by atoms with van der Waals surface area (Å²) >= 11 is 5.73. The molecule has 4 N–H and O–H groups in total. The molecule has 0 bridgehead atoms. The molecule has 4 nitrogen and oxygen atoms in total. The van der Waals surface area contributed by atoms with Gasteiger partial charge in [-0.25, -0.2) is 0 Å². The lowest BCUT2D eigenvalue weighted by atomic mass is 9.32. The number of alkyl halides is 2. The quantitative estimate of drug-likeness (QED) is 0.169. The van der Waals surface area contributed by atoms with E-state index in [1.54, 1.807) is 0 Å². The van der Waals surface area contributed by atoms with E-state index in [1.165, 1.54) is 0 Å². The average Bonchev–Trinajstić information content (AvgIpc) is 2.79. The van der Waals surface area contributed by atoms with Crippen LogP contribution in [0.1, 0.15) is 113 Å². The molecule has 4 fully saturated rings. The van der Waals surface area contributed by atoms with E-state index >= 15 is 0 Å². The van der Waals surface area contributed by atoms with Crippen molar-refractivity contribution in [3.8, 4) is 0 Å². The summed E-state index contributed by atoms with van der Waals surface area (Å²) in [6.07, 6.45) is 8.36. The largest absolute Gasteiger partial charge is 0.509 e. The van der Waals surface area contributed by atoms with Crippen LogP contribution in [0, 0.1) is 50.2 Å². The first-order valence-corrected chi connectivity index (χ1v) is 17.1. The summed E-state index contributed by atoms with van der Waals surface area (Å²) in [6.45, 7) is 18.9.